The van der Waals surface area contributed by atoms with Gasteiger partial charge in [0.05, 0.1) is 10.9 Å². The Balaban J connectivity index is 2.76. The van der Waals surface area contributed by atoms with Crippen LogP contribution >= 0.6 is 0 Å². The Morgan fingerprint density at radius 3 is 2.42 bits per heavy atom. The van der Waals surface area contributed by atoms with Gasteiger partial charge in [0.1, 0.15) is 0 Å². The highest BCUT2D eigenvalue weighted by Crippen LogP contribution is 2.48. The lowest BCUT2D eigenvalue weighted by Crippen LogP contribution is -2.39. The second-order valence-electron chi connectivity index (χ2n) is 5.65. The number of hydrogen-bond donors (Lipinski definition) is 0. The molecule has 0 saturated carbocycles. The number of rotatable bonds is 1. The van der Waals surface area contributed by atoms with E-state index in [1.165, 1.54) is 0 Å². The molecule has 0 aromatic heterocycles. The molecule has 0 unspecified atom stereocenters. The van der Waals surface area contributed by atoms with Crippen molar-refractivity contribution < 1.29 is 13.2 Å². The molecular weight excluding hydrogens is 262 g/mol. The van der Waals surface area contributed by atoms with Crippen molar-refractivity contribution in [1.29, 1.82) is 0 Å². The van der Waals surface area contributed by atoms with E-state index in [4.69, 9.17) is 0 Å². The molecule has 0 fully saturated rings. The van der Waals surface area contributed by atoms with Crippen LogP contribution in [0.3, 0.4) is 0 Å². The molecule has 5 heteroatoms. The van der Waals surface area contributed by atoms with Crippen LogP contribution in [0.5, 0.6) is 0 Å². The summed E-state index contributed by atoms with van der Waals surface area (Å²) in [7, 11) is -3.78. The van der Waals surface area contributed by atoms with Gasteiger partial charge in [-0.05, 0) is 23.1 Å². The zero-order valence-electron chi connectivity index (χ0n) is 11.3. The van der Waals surface area contributed by atoms with E-state index in [9.17, 15) is 13.2 Å². The lowest BCUT2D eigenvalue weighted by Gasteiger charge is -2.33. The molecule has 1 amide bonds. The van der Waals surface area contributed by atoms with E-state index >= 15 is 0 Å². The molecule has 0 aliphatic carbocycles. The molecule has 4 nitrogen and oxygen atoms in total. The van der Waals surface area contributed by atoms with Crippen LogP contribution in [0.1, 0.15) is 32.4 Å². The molecule has 19 heavy (non-hydrogen) atoms. The van der Waals surface area contributed by atoms with Gasteiger partial charge in [0, 0.05) is 0 Å². The van der Waals surface area contributed by atoms with Crippen LogP contribution in [-0.2, 0) is 14.8 Å². The van der Waals surface area contributed by atoms with Crippen molar-refractivity contribution in [1.82, 2.24) is 4.31 Å². The van der Waals surface area contributed by atoms with Crippen molar-refractivity contribution >= 4 is 15.9 Å². The summed E-state index contributed by atoms with van der Waals surface area (Å²) in [4.78, 5) is 12.2. The molecule has 1 atom stereocenters. The monoisotopic (exact) mass is 279 g/mol. The number of nitrogens with zero attached hydrogens (tertiary/aromatic N) is 1. The topological polar surface area (TPSA) is 54.5 Å². The van der Waals surface area contributed by atoms with E-state index in [0.717, 1.165) is 10.4 Å². The number of sulfonamides is 1. The van der Waals surface area contributed by atoms with Crippen molar-refractivity contribution in [3.05, 3.63) is 42.5 Å². The number of fused-ring (bicyclic) bond motifs is 1. The Morgan fingerprint density at radius 1 is 1.32 bits per heavy atom. The molecule has 0 saturated heterocycles. The van der Waals surface area contributed by atoms with Gasteiger partial charge >= 0.3 is 0 Å². The zero-order valence-corrected chi connectivity index (χ0v) is 12.1. The summed E-state index contributed by atoms with van der Waals surface area (Å²) >= 11 is 0. The first-order chi connectivity index (χ1) is 8.71. The highest BCUT2D eigenvalue weighted by atomic mass is 32.2. The lowest BCUT2D eigenvalue weighted by molar-refractivity contribution is -0.124. The molecule has 0 spiro atoms. The van der Waals surface area contributed by atoms with Crippen LogP contribution in [0.15, 0.2) is 41.8 Å². The Hall–Kier alpha value is -1.62. The van der Waals surface area contributed by atoms with Gasteiger partial charge in [-0.15, -0.1) is 0 Å². The number of hydrogen-bond acceptors (Lipinski definition) is 3. The van der Waals surface area contributed by atoms with E-state index in [0.29, 0.717) is 5.56 Å². The molecule has 0 N–H and O–H groups in total. The second kappa shape index (κ2) is 4.20. The van der Waals surface area contributed by atoms with Crippen LogP contribution in [0.2, 0.25) is 0 Å². The van der Waals surface area contributed by atoms with Crippen molar-refractivity contribution in [2.45, 2.75) is 31.7 Å². The number of carbonyl (C=O) groups excluding carboxylic acids is 1. The molecule has 1 aromatic carbocycles. The first kappa shape index (κ1) is 13.8. The number of benzene rings is 1. The molecule has 1 heterocycles. The standard InChI is InChI=1S/C14H17NO3S/c1-5-12(16)15-13(14(2,3)4)10-8-6-7-9-11(10)19(15,17)18/h5-9,13H,1H2,2-4H3/t13-/m0/s1. The number of carbonyl (C=O) groups is 1. The Morgan fingerprint density at radius 2 is 1.89 bits per heavy atom. The van der Waals surface area contributed by atoms with Gasteiger partial charge in [0.25, 0.3) is 15.9 Å². The highest BCUT2D eigenvalue weighted by molar-refractivity contribution is 7.90. The van der Waals surface area contributed by atoms with Gasteiger partial charge in [-0.3, -0.25) is 4.79 Å². The molecule has 1 aliphatic heterocycles. The Kier molecular flexibility index (Phi) is 3.05. The average molecular weight is 279 g/mol. The predicted molar refractivity (Wildman–Crippen MR) is 72.9 cm³/mol. The fraction of sp³-hybridized carbons (Fsp3) is 0.357. The predicted octanol–water partition coefficient (Wildman–Crippen LogP) is 2.49. The third-order valence-corrected chi connectivity index (χ3v) is 5.03. The molecule has 1 aliphatic rings. The van der Waals surface area contributed by atoms with Crippen molar-refractivity contribution in [3.8, 4) is 0 Å². The maximum Gasteiger partial charge on any atom is 0.267 e. The van der Waals surface area contributed by atoms with E-state index in [1.807, 2.05) is 20.8 Å². The first-order valence-corrected chi connectivity index (χ1v) is 7.45. The SMILES string of the molecule is C=CC(=O)N1[C@H](C(C)(C)C)c2ccccc2S1(=O)=O. The first-order valence-electron chi connectivity index (χ1n) is 6.01. The Labute approximate surface area is 113 Å². The molecule has 2 rings (SSSR count). The van der Waals surface area contributed by atoms with Crippen LogP contribution in [-0.4, -0.2) is 18.6 Å². The number of amides is 1. The van der Waals surface area contributed by atoms with Gasteiger partial charge in [-0.1, -0.05) is 45.5 Å². The third-order valence-electron chi connectivity index (χ3n) is 3.20. The smallest absolute Gasteiger partial charge is 0.267 e. The summed E-state index contributed by atoms with van der Waals surface area (Å²) in [6.07, 6.45) is 1.04. The largest absolute Gasteiger partial charge is 0.269 e. The Bertz CT molecular complexity index is 641. The summed E-state index contributed by atoms with van der Waals surface area (Å²) in [5.41, 5.74) is 0.281. The second-order valence-corrected chi connectivity index (χ2v) is 7.43. The van der Waals surface area contributed by atoms with Crippen LogP contribution in [0, 0.1) is 5.41 Å². The summed E-state index contributed by atoms with van der Waals surface area (Å²) < 4.78 is 25.9. The fourth-order valence-electron chi connectivity index (χ4n) is 2.47. The van der Waals surface area contributed by atoms with E-state index in [-0.39, 0.29) is 4.90 Å². The summed E-state index contributed by atoms with van der Waals surface area (Å²) in [6, 6.07) is 6.26. The molecular formula is C14H17NO3S. The van der Waals surface area contributed by atoms with E-state index in [1.54, 1.807) is 24.3 Å². The zero-order chi connectivity index (χ0) is 14.4. The quantitative estimate of drug-likeness (QED) is 0.742. The molecule has 0 bridgehead atoms. The third kappa shape index (κ3) is 1.98. The average Bonchev–Trinajstić information content (AvgIpc) is 2.57. The van der Waals surface area contributed by atoms with E-state index in [2.05, 4.69) is 6.58 Å². The van der Waals surface area contributed by atoms with Crippen molar-refractivity contribution in [2.24, 2.45) is 5.41 Å². The summed E-state index contributed by atoms with van der Waals surface area (Å²) in [5, 5.41) is 0. The van der Waals surface area contributed by atoms with Gasteiger partial charge in [-0.25, -0.2) is 12.7 Å². The van der Waals surface area contributed by atoms with Gasteiger partial charge in [0.15, 0.2) is 0 Å². The minimum atomic E-state index is -3.78. The molecule has 102 valence electrons. The van der Waals surface area contributed by atoms with Gasteiger partial charge < -0.3 is 0 Å². The minimum Gasteiger partial charge on any atom is -0.269 e. The molecule has 0 radical (unpaired) electrons. The van der Waals surface area contributed by atoms with Crippen LogP contribution in [0.4, 0.5) is 0 Å². The van der Waals surface area contributed by atoms with Crippen LogP contribution in [0.25, 0.3) is 0 Å². The summed E-state index contributed by atoms with van der Waals surface area (Å²) in [6.45, 7) is 9.14. The van der Waals surface area contributed by atoms with Gasteiger partial charge in [0.2, 0.25) is 0 Å². The normalized spacial score (nSPS) is 21.0. The van der Waals surface area contributed by atoms with Crippen LogP contribution < -0.4 is 0 Å². The summed E-state index contributed by atoms with van der Waals surface area (Å²) in [5.74, 6) is -0.587. The van der Waals surface area contributed by atoms with Crippen molar-refractivity contribution in [2.75, 3.05) is 0 Å². The van der Waals surface area contributed by atoms with Crippen molar-refractivity contribution in [3.63, 3.8) is 0 Å². The maximum atomic E-state index is 12.5. The maximum absolute atomic E-state index is 12.5. The fourth-order valence-corrected chi connectivity index (χ4v) is 4.43. The molecule has 1 aromatic rings. The highest BCUT2D eigenvalue weighted by Gasteiger charge is 2.49. The van der Waals surface area contributed by atoms with E-state index < -0.39 is 27.4 Å². The van der Waals surface area contributed by atoms with Gasteiger partial charge in [-0.2, -0.15) is 0 Å². The lowest BCUT2D eigenvalue weighted by atomic mass is 9.82. The minimum absolute atomic E-state index is 0.213.